The van der Waals surface area contributed by atoms with Gasteiger partial charge in [-0.15, -0.1) is 5.10 Å². The molecular weight excluding hydrogens is 188 g/mol. The van der Waals surface area contributed by atoms with Crippen LogP contribution in [0.4, 0.5) is 0 Å². The SMILES string of the molecule is CCCn1cc(CCNCC(C)C)nn1. The van der Waals surface area contributed by atoms with Gasteiger partial charge >= 0.3 is 0 Å². The topological polar surface area (TPSA) is 42.7 Å². The molecule has 86 valence electrons. The third kappa shape index (κ3) is 4.93. The summed E-state index contributed by atoms with van der Waals surface area (Å²) in [5, 5.41) is 11.6. The molecule has 1 heterocycles. The summed E-state index contributed by atoms with van der Waals surface area (Å²) >= 11 is 0. The Hall–Kier alpha value is -0.900. The molecule has 0 aromatic carbocycles. The molecule has 4 nitrogen and oxygen atoms in total. The average Bonchev–Trinajstić information content (AvgIpc) is 2.61. The van der Waals surface area contributed by atoms with Crippen molar-refractivity contribution >= 4 is 0 Å². The van der Waals surface area contributed by atoms with Gasteiger partial charge in [0, 0.05) is 25.7 Å². The monoisotopic (exact) mass is 210 g/mol. The van der Waals surface area contributed by atoms with Crippen LogP contribution in [0.3, 0.4) is 0 Å². The standard InChI is InChI=1S/C11H22N4/c1-4-7-15-9-11(13-14-15)5-6-12-8-10(2)3/h9-10,12H,4-8H2,1-3H3. The number of rotatable bonds is 7. The van der Waals surface area contributed by atoms with Crippen LogP contribution >= 0.6 is 0 Å². The molecule has 0 aliphatic carbocycles. The van der Waals surface area contributed by atoms with Gasteiger partial charge in [-0.2, -0.15) is 0 Å². The van der Waals surface area contributed by atoms with Gasteiger partial charge in [0.15, 0.2) is 0 Å². The quantitative estimate of drug-likeness (QED) is 0.693. The molecule has 0 fully saturated rings. The second-order valence-electron chi connectivity index (χ2n) is 4.32. The van der Waals surface area contributed by atoms with Crippen LogP contribution in [0.15, 0.2) is 6.20 Å². The van der Waals surface area contributed by atoms with Gasteiger partial charge in [0.1, 0.15) is 0 Å². The highest BCUT2D eigenvalue weighted by molar-refractivity contribution is 4.92. The van der Waals surface area contributed by atoms with E-state index in [1.54, 1.807) is 0 Å². The second-order valence-corrected chi connectivity index (χ2v) is 4.32. The van der Waals surface area contributed by atoms with Crippen LogP contribution in [0.1, 0.15) is 32.9 Å². The number of hydrogen-bond acceptors (Lipinski definition) is 3. The Morgan fingerprint density at radius 2 is 2.27 bits per heavy atom. The summed E-state index contributed by atoms with van der Waals surface area (Å²) in [4.78, 5) is 0. The predicted molar refractivity (Wildman–Crippen MR) is 61.7 cm³/mol. The maximum absolute atomic E-state index is 4.12. The predicted octanol–water partition coefficient (Wildman–Crippen LogP) is 1.48. The molecule has 0 bridgehead atoms. The lowest BCUT2D eigenvalue weighted by Crippen LogP contribution is -2.22. The van der Waals surface area contributed by atoms with E-state index in [9.17, 15) is 0 Å². The van der Waals surface area contributed by atoms with Crippen molar-refractivity contribution in [1.82, 2.24) is 20.3 Å². The van der Waals surface area contributed by atoms with E-state index < -0.39 is 0 Å². The molecule has 0 atom stereocenters. The summed E-state index contributed by atoms with van der Waals surface area (Å²) in [5.74, 6) is 0.709. The van der Waals surface area contributed by atoms with Crippen LogP contribution in [-0.2, 0) is 13.0 Å². The molecule has 1 aromatic rings. The zero-order chi connectivity index (χ0) is 11.1. The van der Waals surface area contributed by atoms with Crippen LogP contribution < -0.4 is 5.32 Å². The Morgan fingerprint density at radius 1 is 1.47 bits per heavy atom. The molecule has 0 aliphatic rings. The molecule has 1 rings (SSSR count). The molecule has 0 saturated carbocycles. The van der Waals surface area contributed by atoms with Crippen molar-refractivity contribution in [3.8, 4) is 0 Å². The van der Waals surface area contributed by atoms with Gasteiger partial charge in [-0.25, -0.2) is 0 Å². The third-order valence-electron chi connectivity index (χ3n) is 2.15. The summed E-state index contributed by atoms with van der Waals surface area (Å²) in [6.07, 6.45) is 4.12. The fourth-order valence-corrected chi connectivity index (χ4v) is 1.40. The van der Waals surface area contributed by atoms with E-state index in [2.05, 4.69) is 36.4 Å². The summed E-state index contributed by atoms with van der Waals surface area (Å²) in [7, 11) is 0. The zero-order valence-electron chi connectivity index (χ0n) is 10.0. The van der Waals surface area contributed by atoms with Crippen LogP contribution in [0, 0.1) is 5.92 Å². The van der Waals surface area contributed by atoms with Crippen LogP contribution in [0.5, 0.6) is 0 Å². The van der Waals surface area contributed by atoms with E-state index in [1.165, 1.54) is 0 Å². The highest BCUT2D eigenvalue weighted by Gasteiger charge is 1.99. The average molecular weight is 210 g/mol. The maximum Gasteiger partial charge on any atom is 0.0839 e. The van der Waals surface area contributed by atoms with E-state index in [-0.39, 0.29) is 0 Å². The highest BCUT2D eigenvalue weighted by Crippen LogP contribution is 1.95. The van der Waals surface area contributed by atoms with Crippen LogP contribution in [-0.4, -0.2) is 28.1 Å². The van der Waals surface area contributed by atoms with Gasteiger partial charge in [0.25, 0.3) is 0 Å². The Balaban J connectivity index is 2.19. The van der Waals surface area contributed by atoms with Gasteiger partial charge in [-0.1, -0.05) is 26.0 Å². The van der Waals surface area contributed by atoms with Crippen molar-refractivity contribution in [2.75, 3.05) is 13.1 Å². The maximum atomic E-state index is 4.12. The minimum Gasteiger partial charge on any atom is -0.316 e. The minimum absolute atomic E-state index is 0.709. The van der Waals surface area contributed by atoms with Crippen LogP contribution in [0.2, 0.25) is 0 Å². The van der Waals surface area contributed by atoms with Gasteiger partial charge < -0.3 is 5.32 Å². The largest absolute Gasteiger partial charge is 0.316 e. The Labute approximate surface area is 92.1 Å². The lowest BCUT2D eigenvalue weighted by atomic mass is 10.2. The highest BCUT2D eigenvalue weighted by atomic mass is 15.4. The third-order valence-corrected chi connectivity index (χ3v) is 2.15. The molecule has 0 aliphatic heterocycles. The van der Waals surface area contributed by atoms with Crippen molar-refractivity contribution in [3.63, 3.8) is 0 Å². The molecule has 1 N–H and O–H groups in total. The molecule has 15 heavy (non-hydrogen) atoms. The number of nitrogens with zero attached hydrogens (tertiary/aromatic N) is 3. The van der Waals surface area contributed by atoms with Gasteiger partial charge in [0.05, 0.1) is 5.69 Å². The lowest BCUT2D eigenvalue weighted by Gasteiger charge is -2.05. The smallest absolute Gasteiger partial charge is 0.0839 e. The van der Waals surface area contributed by atoms with E-state index in [1.807, 2.05) is 10.9 Å². The fourth-order valence-electron chi connectivity index (χ4n) is 1.40. The molecular formula is C11H22N4. The Morgan fingerprint density at radius 3 is 2.93 bits per heavy atom. The minimum atomic E-state index is 0.709. The molecule has 1 aromatic heterocycles. The first-order chi connectivity index (χ1) is 7.22. The first-order valence-electron chi connectivity index (χ1n) is 5.82. The second kappa shape index (κ2) is 6.56. The van der Waals surface area contributed by atoms with Crippen molar-refractivity contribution < 1.29 is 0 Å². The molecule has 0 spiro atoms. The van der Waals surface area contributed by atoms with Crippen LogP contribution in [0.25, 0.3) is 0 Å². The molecule has 0 amide bonds. The molecule has 0 saturated heterocycles. The zero-order valence-corrected chi connectivity index (χ0v) is 10.0. The van der Waals surface area contributed by atoms with E-state index in [4.69, 9.17) is 0 Å². The van der Waals surface area contributed by atoms with E-state index in [0.29, 0.717) is 5.92 Å². The Bertz CT molecular complexity index is 267. The van der Waals surface area contributed by atoms with Crippen molar-refractivity contribution in [2.45, 2.75) is 40.2 Å². The number of aromatic nitrogens is 3. The van der Waals surface area contributed by atoms with Crippen molar-refractivity contribution in [3.05, 3.63) is 11.9 Å². The van der Waals surface area contributed by atoms with Gasteiger partial charge in [0.2, 0.25) is 0 Å². The molecule has 0 unspecified atom stereocenters. The Kier molecular flexibility index (Phi) is 5.32. The number of aryl methyl sites for hydroxylation is 1. The van der Waals surface area contributed by atoms with E-state index in [0.717, 1.165) is 38.2 Å². The van der Waals surface area contributed by atoms with Crippen molar-refractivity contribution in [1.29, 1.82) is 0 Å². The van der Waals surface area contributed by atoms with Gasteiger partial charge in [-0.3, -0.25) is 4.68 Å². The van der Waals surface area contributed by atoms with E-state index >= 15 is 0 Å². The summed E-state index contributed by atoms with van der Waals surface area (Å²) in [6.45, 7) is 9.60. The number of nitrogens with one attached hydrogen (secondary N) is 1. The lowest BCUT2D eigenvalue weighted by molar-refractivity contribution is 0.552. The summed E-state index contributed by atoms with van der Waals surface area (Å²) in [5.41, 5.74) is 1.08. The molecule has 0 radical (unpaired) electrons. The van der Waals surface area contributed by atoms with Gasteiger partial charge in [-0.05, 0) is 18.9 Å². The summed E-state index contributed by atoms with van der Waals surface area (Å²) < 4.78 is 1.91. The summed E-state index contributed by atoms with van der Waals surface area (Å²) in [6, 6.07) is 0. The number of hydrogen-bond donors (Lipinski definition) is 1. The van der Waals surface area contributed by atoms with Crippen molar-refractivity contribution in [2.24, 2.45) is 5.92 Å². The molecule has 4 heteroatoms. The first-order valence-corrected chi connectivity index (χ1v) is 5.82. The first kappa shape index (κ1) is 12.2. The normalized spacial score (nSPS) is 11.2. The fraction of sp³-hybridized carbons (Fsp3) is 0.818.